The molecule has 2 saturated carbocycles. The van der Waals surface area contributed by atoms with E-state index in [1.54, 1.807) is 0 Å². The van der Waals surface area contributed by atoms with Crippen LogP contribution in [0.25, 0.3) is 0 Å². The third kappa shape index (κ3) is 3.06. The largest absolute Gasteiger partial charge is 0.352 e. The van der Waals surface area contributed by atoms with Gasteiger partial charge >= 0.3 is 0 Å². The van der Waals surface area contributed by atoms with Crippen molar-refractivity contribution in [3.63, 3.8) is 0 Å². The topological polar surface area (TPSA) is 33.1 Å². The molecule has 5 heteroatoms. The summed E-state index contributed by atoms with van der Waals surface area (Å²) in [5, 5.41) is 4.54. The van der Waals surface area contributed by atoms with E-state index in [1.165, 1.54) is 57.1 Å². The highest BCUT2D eigenvalue weighted by atomic mass is 32.1. The highest BCUT2D eigenvalue weighted by Crippen LogP contribution is 2.44. The van der Waals surface area contributed by atoms with Gasteiger partial charge in [0.15, 0.2) is 5.11 Å². The maximum atomic E-state index is 5.86. The van der Waals surface area contributed by atoms with Crippen LogP contribution in [0.3, 0.4) is 0 Å². The van der Waals surface area contributed by atoms with Gasteiger partial charge in [0, 0.05) is 30.2 Å². The second-order valence-corrected chi connectivity index (χ2v) is 8.64. The lowest BCUT2D eigenvalue weighted by molar-refractivity contribution is 0.233. The summed E-state index contributed by atoms with van der Waals surface area (Å²) >= 11 is 5.86. The van der Waals surface area contributed by atoms with Gasteiger partial charge in [0.2, 0.25) is 0 Å². The number of pyridine rings is 1. The van der Waals surface area contributed by atoms with Gasteiger partial charge in [-0.1, -0.05) is 31.7 Å². The molecule has 0 amide bonds. The summed E-state index contributed by atoms with van der Waals surface area (Å²) < 4.78 is 2.55. The summed E-state index contributed by atoms with van der Waals surface area (Å²) in [7, 11) is 0. The third-order valence-electron chi connectivity index (χ3n) is 6.69. The van der Waals surface area contributed by atoms with Crippen LogP contribution in [0, 0.1) is 0 Å². The fourth-order valence-electron chi connectivity index (χ4n) is 5.43. The summed E-state index contributed by atoms with van der Waals surface area (Å²) in [5.41, 5.74) is 2.49. The Hall–Kier alpha value is -1.88. The van der Waals surface area contributed by atoms with Crippen LogP contribution in [0.1, 0.15) is 80.9 Å². The summed E-state index contributed by atoms with van der Waals surface area (Å²) in [6, 6.07) is 12.3. The zero-order valence-corrected chi connectivity index (χ0v) is 16.6. The molecule has 0 aromatic carbocycles. The van der Waals surface area contributed by atoms with Crippen molar-refractivity contribution in [3.05, 3.63) is 54.1 Å². The standard InChI is InChI=1S/C22H28N4S/c27-22-24-20(18-12-5-6-14-23-18)21(26(22)17-10-3-4-11-17)19-13-7-15-25(19)16-8-1-2-9-16/h5-7,12-17,20-21H,1-4,8-11H2,(H,24,27)/t20-,21-/m0/s1. The summed E-state index contributed by atoms with van der Waals surface area (Å²) in [4.78, 5) is 7.20. The molecule has 2 aromatic rings. The average molecular weight is 381 g/mol. The molecule has 2 aliphatic carbocycles. The van der Waals surface area contributed by atoms with E-state index in [4.69, 9.17) is 12.2 Å². The van der Waals surface area contributed by atoms with Crippen LogP contribution < -0.4 is 5.32 Å². The summed E-state index contributed by atoms with van der Waals surface area (Å²) in [6.07, 6.45) is 14.6. The van der Waals surface area contributed by atoms with Crippen LogP contribution in [0.4, 0.5) is 0 Å². The molecule has 0 unspecified atom stereocenters. The highest BCUT2D eigenvalue weighted by molar-refractivity contribution is 7.80. The first kappa shape index (κ1) is 17.2. The Morgan fingerprint density at radius 1 is 0.926 bits per heavy atom. The van der Waals surface area contributed by atoms with Crippen molar-refractivity contribution in [1.82, 2.24) is 19.8 Å². The number of rotatable bonds is 4. The van der Waals surface area contributed by atoms with Crippen molar-refractivity contribution in [2.75, 3.05) is 0 Å². The maximum absolute atomic E-state index is 5.86. The Labute approximate surface area is 167 Å². The number of nitrogens with one attached hydrogen (secondary N) is 1. The molecule has 1 aliphatic heterocycles. The maximum Gasteiger partial charge on any atom is 0.170 e. The lowest BCUT2D eigenvalue weighted by Gasteiger charge is -2.34. The molecule has 0 spiro atoms. The fraction of sp³-hybridized carbons (Fsp3) is 0.545. The molecule has 27 heavy (non-hydrogen) atoms. The number of hydrogen-bond donors (Lipinski definition) is 1. The molecule has 0 bridgehead atoms. The second kappa shape index (κ2) is 7.27. The van der Waals surface area contributed by atoms with Gasteiger partial charge in [-0.2, -0.15) is 0 Å². The van der Waals surface area contributed by atoms with E-state index in [0.29, 0.717) is 12.1 Å². The summed E-state index contributed by atoms with van der Waals surface area (Å²) in [5.74, 6) is 0. The SMILES string of the molecule is S=C1N[C@@H](c2ccccn2)[C@H](c2cccn2C2CCCC2)N1C1CCCC1. The van der Waals surface area contributed by atoms with Crippen molar-refractivity contribution in [2.45, 2.75) is 75.5 Å². The minimum Gasteiger partial charge on any atom is -0.352 e. The van der Waals surface area contributed by atoms with Gasteiger partial charge in [0.1, 0.15) is 0 Å². The van der Waals surface area contributed by atoms with Gasteiger partial charge in [-0.05, 0) is 62.2 Å². The molecular formula is C22H28N4S. The molecular weight excluding hydrogens is 352 g/mol. The Kier molecular flexibility index (Phi) is 4.64. The number of nitrogens with zero attached hydrogens (tertiary/aromatic N) is 3. The van der Waals surface area contributed by atoms with Gasteiger partial charge in [-0.15, -0.1) is 0 Å². The Morgan fingerprint density at radius 3 is 2.37 bits per heavy atom. The molecule has 3 fully saturated rings. The van der Waals surface area contributed by atoms with E-state index in [9.17, 15) is 0 Å². The number of aromatic nitrogens is 2. The first-order chi connectivity index (χ1) is 13.3. The van der Waals surface area contributed by atoms with Gasteiger partial charge in [-0.3, -0.25) is 4.98 Å². The molecule has 3 aliphatic rings. The Bertz CT molecular complexity index is 790. The van der Waals surface area contributed by atoms with Gasteiger partial charge in [0.25, 0.3) is 0 Å². The van der Waals surface area contributed by atoms with Gasteiger partial charge in [0.05, 0.1) is 17.8 Å². The normalized spacial score (nSPS) is 26.8. The van der Waals surface area contributed by atoms with Crippen molar-refractivity contribution in [2.24, 2.45) is 0 Å². The van der Waals surface area contributed by atoms with Crippen molar-refractivity contribution < 1.29 is 0 Å². The first-order valence-electron chi connectivity index (χ1n) is 10.5. The minimum atomic E-state index is 0.120. The molecule has 3 heterocycles. The van der Waals surface area contributed by atoms with E-state index >= 15 is 0 Å². The summed E-state index contributed by atoms with van der Waals surface area (Å²) in [6.45, 7) is 0. The molecule has 1 saturated heterocycles. The molecule has 1 N–H and O–H groups in total. The smallest absolute Gasteiger partial charge is 0.170 e. The molecule has 5 rings (SSSR count). The van der Waals surface area contributed by atoms with E-state index in [2.05, 4.69) is 50.2 Å². The van der Waals surface area contributed by atoms with Crippen LogP contribution in [-0.4, -0.2) is 25.6 Å². The third-order valence-corrected chi connectivity index (χ3v) is 7.01. The predicted octanol–water partition coefficient (Wildman–Crippen LogP) is 4.91. The highest BCUT2D eigenvalue weighted by Gasteiger charge is 2.45. The van der Waals surface area contributed by atoms with E-state index in [-0.39, 0.29) is 12.1 Å². The van der Waals surface area contributed by atoms with Crippen LogP contribution in [0.15, 0.2) is 42.7 Å². The molecule has 4 nitrogen and oxygen atoms in total. The molecule has 142 valence electrons. The average Bonchev–Trinajstić information content (AvgIpc) is 3.46. The van der Waals surface area contributed by atoms with Gasteiger partial charge < -0.3 is 14.8 Å². The molecule has 0 radical (unpaired) electrons. The van der Waals surface area contributed by atoms with Crippen molar-refractivity contribution >= 4 is 17.3 Å². The van der Waals surface area contributed by atoms with Gasteiger partial charge in [-0.25, -0.2) is 0 Å². The van der Waals surface area contributed by atoms with Crippen LogP contribution >= 0.6 is 12.2 Å². The first-order valence-corrected chi connectivity index (χ1v) is 10.9. The molecule has 2 aromatic heterocycles. The number of thiocarbonyl (C=S) groups is 1. The number of hydrogen-bond acceptors (Lipinski definition) is 2. The predicted molar refractivity (Wildman–Crippen MR) is 111 cm³/mol. The quantitative estimate of drug-likeness (QED) is 0.764. The van der Waals surface area contributed by atoms with Crippen LogP contribution in [-0.2, 0) is 0 Å². The van der Waals surface area contributed by atoms with Crippen molar-refractivity contribution in [3.8, 4) is 0 Å². The van der Waals surface area contributed by atoms with Crippen LogP contribution in [0.5, 0.6) is 0 Å². The minimum absolute atomic E-state index is 0.120. The molecule has 2 atom stereocenters. The zero-order valence-electron chi connectivity index (χ0n) is 15.8. The second-order valence-electron chi connectivity index (χ2n) is 8.25. The Balaban J connectivity index is 1.57. The van der Waals surface area contributed by atoms with E-state index < -0.39 is 0 Å². The fourth-order valence-corrected chi connectivity index (χ4v) is 5.82. The monoisotopic (exact) mass is 380 g/mol. The lowest BCUT2D eigenvalue weighted by atomic mass is 9.99. The van der Waals surface area contributed by atoms with E-state index in [1.807, 2.05) is 12.3 Å². The van der Waals surface area contributed by atoms with Crippen molar-refractivity contribution in [1.29, 1.82) is 0 Å². The zero-order chi connectivity index (χ0) is 18.2. The van der Waals surface area contributed by atoms with Crippen LogP contribution in [0.2, 0.25) is 0 Å². The van der Waals surface area contributed by atoms with E-state index in [0.717, 1.165) is 10.8 Å². The Morgan fingerprint density at radius 2 is 1.67 bits per heavy atom. The lowest BCUT2D eigenvalue weighted by Crippen LogP contribution is -2.38.